The van der Waals surface area contributed by atoms with Crippen LogP contribution >= 0.6 is 11.6 Å². The topological polar surface area (TPSA) is 18.5 Å². The van der Waals surface area contributed by atoms with Crippen molar-refractivity contribution in [1.82, 2.24) is 10.2 Å². The van der Waals surface area contributed by atoms with Crippen molar-refractivity contribution in [3.63, 3.8) is 0 Å². The van der Waals surface area contributed by atoms with Crippen molar-refractivity contribution >= 4 is 17.3 Å². The van der Waals surface area contributed by atoms with Crippen molar-refractivity contribution in [3.8, 4) is 0 Å². The molecule has 100 valence electrons. The molecule has 0 radical (unpaired) electrons. The van der Waals surface area contributed by atoms with Crippen LogP contribution in [-0.4, -0.2) is 45.2 Å². The minimum absolute atomic E-state index is 0.653. The van der Waals surface area contributed by atoms with Gasteiger partial charge in [-0.05, 0) is 45.3 Å². The molecule has 18 heavy (non-hydrogen) atoms. The summed E-state index contributed by atoms with van der Waals surface area (Å²) in [5, 5.41) is 3.99. The van der Waals surface area contributed by atoms with E-state index in [2.05, 4.69) is 47.4 Å². The Labute approximate surface area is 115 Å². The SMILES string of the molecule is CNCc1ccc(N2CCC(N(C)C)C2)cc1Cl. The molecule has 0 bridgehead atoms. The predicted octanol–water partition coefficient (Wildman–Crippen LogP) is 2.20. The van der Waals surface area contributed by atoms with Crippen LogP contribution < -0.4 is 10.2 Å². The third-order valence-corrected chi connectivity index (χ3v) is 4.01. The molecule has 1 saturated heterocycles. The number of rotatable bonds is 4. The molecular formula is C14H22ClN3. The molecule has 1 aromatic rings. The molecule has 1 unspecified atom stereocenters. The highest BCUT2D eigenvalue weighted by molar-refractivity contribution is 6.31. The Morgan fingerprint density at radius 1 is 1.44 bits per heavy atom. The van der Waals surface area contributed by atoms with Crippen LogP contribution in [0.5, 0.6) is 0 Å². The smallest absolute Gasteiger partial charge is 0.0471 e. The maximum Gasteiger partial charge on any atom is 0.0471 e. The standard InChI is InChI=1S/C14H22ClN3/c1-16-9-11-4-5-12(8-14(11)15)18-7-6-13(10-18)17(2)3/h4-5,8,13,16H,6-7,9-10H2,1-3H3. The van der Waals surface area contributed by atoms with Gasteiger partial charge in [-0.25, -0.2) is 0 Å². The predicted molar refractivity (Wildman–Crippen MR) is 78.5 cm³/mol. The van der Waals surface area contributed by atoms with E-state index in [1.165, 1.54) is 12.1 Å². The zero-order valence-electron chi connectivity index (χ0n) is 11.4. The largest absolute Gasteiger partial charge is 0.370 e. The lowest BCUT2D eigenvalue weighted by atomic mass is 10.2. The van der Waals surface area contributed by atoms with Crippen LogP contribution in [0.1, 0.15) is 12.0 Å². The van der Waals surface area contributed by atoms with Crippen molar-refractivity contribution in [3.05, 3.63) is 28.8 Å². The van der Waals surface area contributed by atoms with Crippen LogP contribution in [-0.2, 0) is 6.54 Å². The summed E-state index contributed by atoms with van der Waals surface area (Å²) < 4.78 is 0. The molecule has 0 aromatic heterocycles. The number of nitrogens with one attached hydrogen (secondary N) is 1. The minimum atomic E-state index is 0.653. The van der Waals surface area contributed by atoms with Gasteiger partial charge < -0.3 is 15.1 Å². The summed E-state index contributed by atoms with van der Waals surface area (Å²) in [4.78, 5) is 4.72. The molecule has 0 saturated carbocycles. The molecule has 4 heteroatoms. The van der Waals surface area contributed by atoms with E-state index in [-0.39, 0.29) is 0 Å². The first-order valence-corrected chi connectivity index (χ1v) is 6.84. The van der Waals surface area contributed by atoms with Crippen LogP contribution in [0, 0.1) is 0 Å². The fourth-order valence-corrected chi connectivity index (χ4v) is 2.71. The Bertz CT molecular complexity index is 406. The molecule has 2 rings (SSSR count). The normalized spacial score (nSPS) is 19.8. The van der Waals surface area contributed by atoms with E-state index in [4.69, 9.17) is 11.6 Å². The molecule has 1 fully saturated rings. The van der Waals surface area contributed by atoms with Crippen molar-refractivity contribution in [1.29, 1.82) is 0 Å². The van der Waals surface area contributed by atoms with Crippen LogP contribution in [0.3, 0.4) is 0 Å². The Kier molecular flexibility index (Phi) is 4.49. The first-order chi connectivity index (χ1) is 8.61. The van der Waals surface area contributed by atoms with Gasteiger partial charge in [-0.3, -0.25) is 0 Å². The Hall–Kier alpha value is -0.770. The van der Waals surface area contributed by atoms with Gasteiger partial charge in [-0.2, -0.15) is 0 Å². The number of nitrogens with zero attached hydrogens (tertiary/aromatic N) is 2. The second-order valence-electron chi connectivity index (χ2n) is 5.16. The van der Waals surface area contributed by atoms with Crippen molar-refractivity contribution in [2.24, 2.45) is 0 Å². The van der Waals surface area contributed by atoms with Crippen LogP contribution in [0.4, 0.5) is 5.69 Å². The summed E-state index contributed by atoms with van der Waals surface area (Å²) in [7, 11) is 6.24. The van der Waals surface area contributed by atoms with Gasteiger partial charge in [0.05, 0.1) is 0 Å². The lowest BCUT2D eigenvalue weighted by molar-refractivity contribution is 0.315. The van der Waals surface area contributed by atoms with Crippen LogP contribution in [0.15, 0.2) is 18.2 Å². The van der Waals surface area contributed by atoms with Gasteiger partial charge in [0.25, 0.3) is 0 Å². The molecule has 1 N–H and O–H groups in total. The van der Waals surface area contributed by atoms with Gasteiger partial charge in [0.1, 0.15) is 0 Å². The van der Waals surface area contributed by atoms with Gasteiger partial charge in [-0.15, -0.1) is 0 Å². The van der Waals surface area contributed by atoms with E-state index in [9.17, 15) is 0 Å². The molecule has 1 aliphatic heterocycles. The van der Waals surface area contributed by atoms with Gasteiger partial charge in [-0.1, -0.05) is 17.7 Å². The first kappa shape index (κ1) is 13.7. The summed E-state index contributed by atoms with van der Waals surface area (Å²) in [6.45, 7) is 3.03. The summed E-state index contributed by atoms with van der Waals surface area (Å²) in [6, 6.07) is 7.04. The van der Waals surface area contributed by atoms with Crippen LogP contribution in [0.2, 0.25) is 5.02 Å². The maximum absolute atomic E-state index is 6.31. The second-order valence-corrected chi connectivity index (χ2v) is 5.57. The van der Waals surface area contributed by atoms with Crippen molar-refractivity contribution in [2.45, 2.75) is 19.0 Å². The first-order valence-electron chi connectivity index (χ1n) is 6.46. The Morgan fingerprint density at radius 3 is 2.78 bits per heavy atom. The van der Waals surface area contributed by atoms with Crippen molar-refractivity contribution < 1.29 is 0 Å². The fraction of sp³-hybridized carbons (Fsp3) is 0.571. The number of hydrogen-bond donors (Lipinski definition) is 1. The summed E-state index contributed by atoms with van der Waals surface area (Å²) in [5.74, 6) is 0. The average Bonchev–Trinajstić information content (AvgIpc) is 2.81. The number of likely N-dealkylation sites (N-methyl/N-ethyl adjacent to an activating group) is 1. The lowest BCUT2D eigenvalue weighted by Gasteiger charge is -2.22. The van der Waals surface area contributed by atoms with Gasteiger partial charge >= 0.3 is 0 Å². The van der Waals surface area contributed by atoms with E-state index in [1.54, 1.807) is 0 Å². The number of benzene rings is 1. The average molecular weight is 268 g/mol. The summed E-state index contributed by atoms with van der Waals surface area (Å²) in [5.41, 5.74) is 2.40. The third-order valence-electron chi connectivity index (χ3n) is 3.66. The fourth-order valence-electron chi connectivity index (χ4n) is 2.46. The van der Waals surface area contributed by atoms with Gasteiger partial charge in [0, 0.05) is 36.4 Å². The van der Waals surface area contributed by atoms with Gasteiger partial charge in [0.15, 0.2) is 0 Å². The highest BCUT2D eigenvalue weighted by Crippen LogP contribution is 2.27. The zero-order valence-corrected chi connectivity index (χ0v) is 12.2. The molecule has 1 aromatic carbocycles. The van der Waals surface area contributed by atoms with E-state index < -0.39 is 0 Å². The molecule has 0 aliphatic carbocycles. The molecule has 0 amide bonds. The zero-order chi connectivity index (χ0) is 13.1. The summed E-state index contributed by atoms with van der Waals surface area (Å²) in [6.07, 6.45) is 1.23. The van der Waals surface area contributed by atoms with Gasteiger partial charge in [0.2, 0.25) is 0 Å². The second kappa shape index (κ2) is 5.91. The summed E-state index contributed by atoms with van der Waals surface area (Å²) >= 11 is 6.31. The van der Waals surface area contributed by atoms with E-state index in [0.717, 1.165) is 30.2 Å². The third kappa shape index (κ3) is 2.97. The maximum atomic E-state index is 6.31. The van der Waals surface area contributed by atoms with E-state index in [1.807, 2.05) is 7.05 Å². The quantitative estimate of drug-likeness (QED) is 0.902. The number of anilines is 1. The molecular weight excluding hydrogens is 246 g/mol. The Morgan fingerprint density at radius 2 is 2.22 bits per heavy atom. The van der Waals surface area contributed by atoms with E-state index in [0.29, 0.717) is 6.04 Å². The van der Waals surface area contributed by atoms with Crippen molar-refractivity contribution in [2.75, 3.05) is 39.1 Å². The molecule has 3 nitrogen and oxygen atoms in total. The highest BCUT2D eigenvalue weighted by Gasteiger charge is 2.24. The number of halogens is 1. The monoisotopic (exact) mass is 267 g/mol. The van der Waals surface area contributed by atoms with Crippen LogP contribution in [0.25, 0.3) is 0 Å². The molecule has 1 heterocycles. The minimum Gasteiger partial charge on any atom is -0.370 e. The Balaban J connectivity index is 2.08. The molecule has 1 aliphatic rings. The van der Waals surface area contributed by atoms with E-state index >= 15 is 0 Å². The molecule has 0 spiro atoms. The molecule has 1 atom stereocenters. The number of hydrogen-bond acceptors (Lipinski definition) is 3. The highest BCUT2D eigenvalue weighted by atomic mass is 35.5. The lowest BCUT2D eigenvalue weighted by Crippen LogP contribution is -2.31.